The van der Waals surface area contributed by atoms with Crippen LogP contribution in [0.2, 0.25) is 0 Å². The maximum absolute atomic E-state index is 13.0. The molecule has 0 radical (unpaired) electrons. The Kier molecular flexibility index (Phi) is 6.40. The molecule has 0 aromatic heterocycles. The van der Waals surface area contributed by atoms with E-state index in [0.717, 1.165) is 30.2 Å². The first kappa shape index (κ1) is 17.3. The monoisotopic (exact) mass is 337 g/mol. The number of amides is 1. The minimum atomic E-state index is -1.31. The molecule has 2 aromatic carbocycles. The van der Waals surface area contributed by atoms with Crippen LogP contribution in [0.5, 0.6) is 0 Å². The number of benzene rings is 2. The van der Waals surface area contributed by atoms with Crippen molar-refractivity contribution >= 4 is 22.4 Å². The third-order valence-electron chi connectivity index (χ3n) is 3.12. The maximum atomic E-state index is 13.0. The number of hydrogen-bond donors (Lipinski definition) is 1. The lowest BCUT2D eigenvalue weighted by molar-refractivity contribution is -0.113. The molecule has 0 fully saturated rings. The molecule has 0 aliphatic heterocycles. The van der Waals surface area contributed by atoms with Crippen molar-refractivity contribution in [3.05, 3.63) is 65.7 Å². The Morgan fingerprint density at radius 3 is 2.35 bits per heavy atom. The normalized spacial score (nSPS) is 11.9. The zero-order valence-corrected chi connectivity index (χ0v) is 13.2. The fraction of sp³-hybridized carbons (Fsp3) is 0.235. The summed E-state index contributed by atoms with van der Waals surface area (Å²) in [4.78, 5) is 11.7. The molecule has 2 rings (SSSR count). The average Bonchev–Trinajstić information content (AvgIpc) is 2.47. The Bertz CT molecular complexity index is 672. The minimum absolute atomic E-state index is 0.0220. The second-order valence-corrected chi connectivity index (χ2v) is 6.66. The van der Waals surface area contributed by atoms with Crippen molar-refractivity contribution in [2.45, 2.75) is 12.8 Å². The molecule has 3 nitrogen and oxygen atoms in total. The number of nitrogens with one attached hydrogen (secondary N) is 1. The Hall–Kier alpha value is -2.08. The van der Waals surface area contributed by atoms with E-state index in [0.29, 0.717) is 12.2 Å². The van der Waals surface area contributed by atoms with Crippen LogP contribution in [0.3, 0.4) is 0 Å². The van der Waals surface area contributed by atoms with Crippen LogP contribution in [0.1, 0.15) is 12.0 Å². The molecular weight excluding hydrogens is 320 g/mol. The molecule has 0 saturated carbocycles. The summed E-state index contributed by atoms with van der Waals surface area (Å²) in [7, 11) is -1.31. The van der Waals surface area contributed by atoms with Gasteiger partial charge in [-0.15, -0.1) is 0 Å². The molecule has 0 aliphatic carbocycles. The molecule has 1 atom stereocenters. The molecule has 6 heteroatoms. The third-order valence-corrected chi connectivity index (χ3v) is 4.45. The van der Waals surface area contributed by atoms with Crippen LogP contribution >= 0.6 is 0 Å². The highest BCUT2D eigenvalue weighted by molar-refractivity contribution is 7.85. The van der Waals surface area contributed by atoms with Gasteiger partial charge in [-0.25, -0.2) is 8.78 Å². The molecule has 1 N–H and O–H groups in total. The quantitative estimate of drug-likeness (QED) is 0.843. The Balaban J connectivity index is 1.75. The Morgan fingerprint density at radius 1 is 1.04 bits per heavy atom. The highest BCUT2D eigenvalue weighted by Crippen LogP contribution is 2.12. The second-order valence-electron chi connectivity index (χ2n) is 5.08. The van der Waals surface area contributed by atoms with Gasteiger partial charge in [0, 0.05) is 28.3 Å². The van der Waals surface area contributed by atoms with Gasteiger partial charge >= 0.3 is 0 Å². The van der Waals surface area contributed by atoms with E-state index in [9.17, 15) is 17.8 Å². The van der Waals surface area contributed by atoms with Crippen molar-refractivity contribution in [3.8, 4) is 0 Å². The van der Waals surface area contributed by atoms with Gasteiger partial charge in [0.2, 0.25) is 5.91 Å². The SMILES string of the molecule is O=C(CS(=O)CCCc1ccccc1)Nc1cc(F)cc(F)c1. The molecule has 2 aromatic rings. The summed E-state index contributed by atoms with van der Waals surface area (Å²) in [6, 6.07) is 12.6. The van der Waals surface area contributed by atoms with E-state index in [1.54, 1.807) is 0 Å². The fourth-order valence-electron chi connectivity index (χ4n) is 2.12. The molecule has 0 saturated heterocycles. The first-order valence-electron chi connectivity index (χ1n) is 7.18. The summed E-state index contributed by atoms with van der Waals surface area (Å²) in [6.45, 7) is 0. The van der Waals surface area contributed by atoms with Crippen LogP contribution in [0, 0.1) is 11.6 Å². The van der Waals surface area contributed by atoms with E-state index in [-0.39, 0.29) is 11.4 Å². The van der Waals surface area contributed by atoms with Crippen LogP contribution < -0.4 is 5.32 Å². The van der Waals surface area contributed by atoms with E-state index in [2.05, 4.69) is 5.32 Å². The minimum Gasteiger partial charge on any atom is -0.325 e. The molecule has 122 valence electrons. The van der Waals surface area contributed by atoms with Crippen molar-refractivity contribution in [3.63, 3.8) is 0 Å². The highest BCUT2D eigenvalue weighted by atomic mass is 32.2. The van der Waals surface area contributed by atoms with Crippen molar-refractivity contribution < 1.29 is 17.8 Å². The van der Waals surface area contributed by atoms with Gasteiger partial charge in [-0.1, -0.05) is 30.3 Å². The number of rotatable bonds is 7. The standard InChI is InChI=1S/C17H17F2NO2S/c18-14-9-15(19)11-16(10-14)20-17(21)12-23(22)8-4-7-13-5-2-1-3-6-13/h1-3,5-6,9-11H,4,7-8,12H2,(H,20,21). The summed E-state index contributed by atoms with van der Waals surface area (Å²) < 4.78 is 37.9. The highest BCUT2D eigenvalue weighted by Gasteiger charge is 2.10. The van der Waals surface area contributed by atoms with Gasteiger partial charge < -0.3 is 5.32 Å². The molecule has 0 bridgehead atoms. The third kappa shape index (κ3) is 6.28. The molecule has 1 unspecified atom stereocenters. The van der Waals surface area contributed by atoms with E-state index >= 15 is 0 Å². The molecular formula is C17H17F2NO2S. The van der Waals surface area contributed by atoms with Gasteiger partial charge in [0.05, 0.1) is 0 Å². The summed E-state index contributed by atoms with van der Waals surface area (Å²) in [5, 5.41) is 2.35. The maximum Gasteiger partial charge on any atom is 0.236 e. The zero-order valence-electron chi connectivity index (χ0n) is 12.4. The summed E-state index contributed by atoms with van der Waals surface area (Å²) in [5.41, 5.74) is 1.18. The van der Waals surface area contributed by atoms with E-state index in [1.165, 1.54) is 0 Å². The van der Waals surface area contributed by atoms with Crippen molar-refractivity contribution in [1.29, 1.82) is 0 Å². The Labute approximate surface area is 136 Å². The van der Waals surface area contributed by atoms with Crippen LogP contribution in [0.15, 0.2) is 48.5 Å². The fourth-order valence-corrected chi connectivity index (χ4v) is 3.10. The number of anilines is 1. The van der Waals surface area contributed by atoms with Gasteiger partial charge in [0.25, 0.3) is 0 Å². The van der Waals surface area contributed by atoms with E-state index in [1.807, 2.05) is 30.3 Å². The first-order chi connectivity index (χ1) is 11.0. The summed E-state index contributed by atoms with van der Waals surface area (Å²) in [5.74, 6) is -1.85. The first-order valence-corrected chi connectivity index (χ1v) is 8.66. The van der Waals surface area contributed by atoms with Gasteiger partial charge in [0.1, 0.15) is 17.4 Å². The molecule has 1 amide bonds. The predicted octanol–water partition coefficient (Wildman–Crippen LogP) is 3.28. The molecule has 0 aliphatic rings. The van der Waals surface area contributed by atoms with Crippen LogP contribution in [-0.4, -0.2) is 21.6 Å². The van der Waals surface area contributed by atoms with Crippen molar-refractivity contribution in [2.24, 2.45) is 0 Å². The molecule has 0 heterocycles. The molecule has 0 spiro atoms. The number of hydrogen-bond acceptors (Lipinski definition) is 2. The summed E-state index contributed by atoms with van der Waals surface area (Å²) >= 11 is 0. The lowest BCUT2D eigenvalue weighted by Gasteiger charge is -2.06. The number of aryl methyl sites for hydroxylation is 1. The summed E-state index contributed by atoms with van der Waals surface area (Å²) in [6.07, 6.45) is 1.50. The van der Waals surface area contributed by atoms with Gasteiger partial charge in [-0.05, 0) is 30.5 Å². The number of halogens is 2. The lowest BCUT2D eigenvalue weighted by Crippen LogP contribution is -2.21. The van der Waals surface area contributed by atoms with Crippen LogP contribution in [0.4, 0.5) is 14.5 Å². The van der Waals surface area contributed by atoms with E-state index in [4.69, 9.17) is 0 Å². The van der Waals surface area contributed by atoms with E-state index < -0.39 is 28.3 Å². The Morgan fingerprint density at radius 2 is 1.70 bits per heavy atom. The van der Waals surface area contributed by atoms with Gasteiger partial charge in [0.15, 0.2) is 0 Å². The number of carbonyl (C=O) groups excluding carboxylic acids is 1. The van der Waals surface area contributed by atoms with Gasteiger partial charge in [-0.2, -0.15) is 0 Å². The van der Waals surface area contributed by atoms with Crippen LogP contribution in [0.25, 0.3) is 0 Å². The smallest absolute Gasteiger partial charge is 0.236 e. The number of carbonyl (C=O) groups is 1. The second kappa shape index (κ2) is 8.53. The zero-order chi connectivity index (χ0) is 16.7. The molecule has 23 heavy (non-hydrogen) atoms. The van der Waals surface area contributed by atoms with Crippen LogP contribution in [-0.2, 0) is 22.0 Å². The average molecular weight is 337 g/mol. The lowest BCUT2D eigenvalue weighted by atomic mass is 10.1. The topological polar surface area (TPSA) is 46.2 Å². The van der Waals surface area contributed by atoms with Gasteiger partial charge in [-0.3, -0.25) is 9.00 Å². The van der Waals surface area contributed by atoms with Crippen molar-refractivity contribution in [2.75, 3.05) is 16.8 Å². The van der Waals surface area contributed by atoms with Crippen molar-refractivity contribution in [1.82, 2.24) is 0 Å². The largest absolute Gasteiger partial charge is 0.325 e. The predicted molar refractivity (Wildman–Crippen MR) is 87.6 cm³/mol.